The Morgan fingerprint density at radius 3 is 2.58 bits per heavy atom. The highest BCUT2D eigenvalue weighted by molar-refractivity contribution is 7.18. The summed E-state index contributed by atoms with van der Waals surface area (Å²) in [5, 5.41) is 1.44. The van der Waals surface area contributed by atoms with E-state index in [4.69, 9.17) is 16.3 Å². The van der Waals surface area contributed by atoms with Crippen LogP contribution in [0.5, 0.6) is 0 Å². The second-order valence-electron chi connectivity index (χ2n) is 5.17. The van der Waals surface area contributed by atoms with Crippen molar-refractivity contribution in [1.82, 2.24) is 4.98 Å². The molecule has 1 heterocycles. The molecule has 24 heavy (non-hydrogen) atoms. The zero-order chi connectivity index (χ0) is 16.9. The summed E-state index contributed by atoms with van der Waals surface area (Å²) in [4.78, 5) is 28.2. The zero-order valence-electron chi connectivity index (χ0n) is 12.7. The van der Waals surface area contributed by atoms with Gasteiger partial charge < -0.3 is 4.74 Å². The van der Waals surface area contributed by atoms with Gasteiger partial charge in [-0.3, -0.25) is 9.59 Å². The van der Waals surface area contributed by atoms with Crippen LogP contribution in [0.25, 0.3) is 10.2 Å². The van der Waals surface area contributed by atoms with E-state index in [0.29, 0.717) is 17.0 Å². The lowest BCUT2D eigenvalue weighted by atomic mass is 10.1. The van der Waals surface area contributed by atoms with Crippen molar-refractivity contribution >= 4 is 44.9 Å². The van der Waals surface area contributed by atoms with Crippen LogP contribution in [-0.4, -0.2) is 23.3 Å². The van der Waals surface area contributed by atoms with Crippen LogP contribution in [0, 0.1) is 0 Å². The molecule has 0 saturated carbocycles. The van der Waals surface area contributed by atoms with Crippen molar-refractivity contribution in [2.45, 2.75) is 12.8 Å². The van der Waals surface area contributed by atoms with Gasteiger partial charge in [0.1, 0.15) is 0 Å². The van der Waals surface area contributed by atoms with Crippen molar-refractivity contribution in [3.63, 3.8) is 0 Å². The Bertz CT molecular complexity index is 840. The van der Waals surface area contributed by atoms with Gasteiger partial charge in [0.15, 0.2) is 12.4 Å². The van der Waals surface area contributed by atoms with Gasteiger partial charge in [0.25, 0.3) is 0 Å². The Kier molecular flexibility index (Phi) is 5.23. The fraction of sp³-hybridized carbons (Fsp3) is 0.167. The molecule has 0 aliphatic rings. The lowest BCUT2D eigenvalue weighted by molar-refractivity contribution is -0.142. The number of hydrogen-bond acceptors (Lipinski definition) is 5. The summed E-state index contributed by atoms with van der Waals surface area (Å²) in [5.41, 5.74) is 1.40. The number of para-hydroxylation sites is 1. The van der Waals surface area contributed by atoms with Crippen molar-refractivity contribution in [3.8, 4) is 0 Å². The molecule has 3 aromatic rings. The normalized spacial score (nSPS) is 10.7. The molecule has 0 bridgehead atoms. The number of fused-ring (bicyclic) bond motifs is 1. The van der Waals surface area contributed by atoms with Crippen molar-refractivity contribution in [2.75, 3.05) is 6.61 Å². The summed E-state index contributed by atoms with van der Waals surface area (Å²) in [6.45, 7) is -0.264. The third kappa shape index (κ3) is 4.19. The lowest BCUT2D eigenvalue weighted by Gasteiger charge is -2.04. The number of carbonyl (C=O) groups excluding carboxylic acids is 2. The number of ether oxygens (including phenoxy) is 1. The molecule has 3 rings (SSSR count). The van der Waals surface area contributed by atoms with Crippen LogP contribution in [0.15, 0.2) is 48.5 Å². The minimum atomic E-state index is -0.406. The quantitative estimate of drug-likeness (QED) is 0.486. The summed E-state index contributed by atoms with van der Waals surface area (Å²) in [5.74, 6) is -0.656. The van der Waals surface area contributed by atoms with Crippen LogP contribution in [0.1, 0.15) is 21.8 Å². The summed E-state index contributed by atoms with van der Waals surface area (Å²) >= 11 is 7.33. The number of halogens is 1. The van der Waals surface area contributed by atoms with E-state index in [9.17, 15) is 9.59 Å². The first kappa shape index (κ1) is 16.6. The first-order valence-corrected chi connectivity index (χ1v) is 8.60. The molecule has 0 atom stereocenters. The predicted octanol–water partition coefficient (Wildman–Crippen LogP) is 4.31. The van der Waals surface area contributed by atoms with Crippen molar-refractivity contribution in [3.05, 3.63) is 64.1 Å². The number of ketones is 1. The number of rotatable bonds is 6. The summed E-state index contributed by atoms with van der Waals surface area (Å²) in [7, 11) is 0. The maximum atomic E-state index is 11.9. The molecular weight excluding hydrogens is 346 g/mol. The molecule has 122 valence electrons. The molecule has 0 fully saturated rings. The van der Waals surface area contributed by atoms with E-state index in [1.807, 2.05) is 24.3 Å². The topological polar surface area (TPSA) is 56.3 Å². The van der Waals surface area contributed by atoms with Crippen LogP contribution >= 0.6 is 22.9 Å². The first-order valence-electron chi connectivity index (χ1n) is 7.40. The van der Waals surface area contributed by atoms with E-state index in [-0.39, 0.29) is 18.8 Å². The maximum Gasteiger partial charge on any atom is 0.306 e. The van der Waals surface area contributed by atoms with Gasteiger partial charge in [0.05, 0.1) is 21.6 Å². The van der Waals surface area contributed by atoms with Crippen LogP contribution in [-0.2, 0) is 16.0 Å². The smallest absolute Gasteiger partial charge is 0.306 e. The van der Waals surface area contributed by atoms with E-state index in [1.165, 1.54) is 0 Å². The van der Waals surface area contributed by atoms with E-state index in [2.05, 4.69) is 4.98 Å². The molecule has 6 heteroatoms. The average molecular weight is 360 g/mol. The monoisotopic (exact) mass is 359 g/mol. The minimum absolute atomic E-state index is 0.202. The van der Waals surface area contributed by atoms with Gasteiger partial charge in [0, 0.05) is 17.0 Å². The van der Waals surface area contributed by atoms with Gasteiger partial charge in [-0.1, -0.05) is 23.7 Å². The molecule has 2 aromatic carbocycles. The number of benzene rings is 2. The van der Waals surface area contributed by atoms with Crippen molar-refractivity contribution in [1.29, 1.82) is 0 Å². The van der Waals surface area contributed by atoms with Crippen LogP contribution in [0.3, 0.4) is 0 Å². The lowest BCUT2D eigenvalue weighted by Crippen LogP contribution is -2.14. The number of aromatic nitrogens is 1. The largest absolute Gasteiger partial charge is 0.457 e. The Labute approximate surface area is 148 Å². The Hall–Kier alpha value is -2.24. The Morgan fingerprint density at radius 2 is 1.83 bits per heavy atom. The number of thiazole rings is 1. The molecule has 0 aliphatic heterocycles. The van der Waals surface area contributed by atoms with E-state index < -0.39 is 5.97 Å². The Balaban J connectivity index is 1.48. The average Bonchev–Trinajstić information content (AvgIpc) is 3.01. The SMILES string of the molecule is O=C(CCc1nc2ccccc2s1)OCC(=O)c1ccc(Cl)cc1. The minimum Gasteiger partial charge on any atom is -0.457 e. The summed E-state index contributed by atoms with van der Waals surface area (Å²) in [6, 6.07) is 14.3. The fourth-order valence-corrected chi connectivity index (χ4v) is 3.27. The number of aryl methyl sites for hydroxylation is 1. The number of nitrogens with zero attached hydrogens (tertiary/aromatic N) is 1. The second kappa shape index (κ2) is 7.55. The molecule has 0 spiro atoms. The molecule has 0 saturated heterocycles. The molecule has 0 N–H and O–H groups in total. The van der Waals surface area contributed by atoms with Gasteiger partial charge in [-0.05, 0) is 36.4 Å². The molecule has 0 amide bonds. The summed E-state index contributed by atoms with van der Waals surface area (Å²) in [6.07, 6.45) is 0.709. The number of esters is 1. The molecule has 0 unspecified atom stereocenters. The van der Waals surface area contributed by atoms with E-state index in [1.54, 1.807) is 35.6 Å². The third-order valence-electron chi connectivity index (χ3n) is 3.41. The second-order valence-corrected chi connectivity index (χ2v) is 6.72. The molecule has 0 radical (unpaired) electrons. The maximum absolute atomic E-state index is 11.9. The van der Waals surface area contributed by atoms with E-state index >= 15 is 0 Å². The third-order valence-corrected chi connectivity index (χ3v) is 4.76. The number of Topliss-reactive ketones (excluding diaryl/α,β-unsaturated/α-hetero) is 1. The molecule has 0 aliphatic carbocycles. The number of carbonyl (C=O) groups is 2. The molecule has 1 aromatic heterocycles. The van der Waals surface area contributed by atoms with Gasteiger partial charge in [-0.2, -0.15) is 0 Å². The van der Waals surface area contributed by atoms with Gasteiger partial charge in [-0.25, -0.2) is 4.98 Å². The highest BCUT2D eigenvalue weighted by Gasteiger charge is 2.11. The predicted molar refractivity (Wildman–Crippen MR) is 94.7 cm³/mol. The van der Waals surface area contributed by atoms with Crippen molar-refractivity contribution < 1.29 is 14.3 Å². The molecular formula is C18H14ClNO3S. The fourth-order valence-electron chi connectivity index (χ4n) is 2.17. The standard InChI is InChI=1S/C18H14ClNO3S/c19-13-7-5-12(6-8-13)15(21)11-23-18(22)10-9-17-20-14-3-1-2-4-16(14)24-17/h1-8H,9-11H2. The Morgan fingerprint density at radius 1 is 1.08 bits per heavy atom. The first-order chi connectivity index (χ1) is 11.6. The highest BCUT2D eigenvalue weighted by Crippen LogP contribution is 2.22. The van der Waals surface area contributed by atoms with Crippen LogP contribution < -0.4 is 0 Å². The van der Waals surface area contributed by atoms with Crippen LogP contribution in [0.4, 0.5) is 0 Å². The zero-order valence-corrected chi connectivity index (χ0v) is 14.3. The van der Waals surface area contributed by atoms with Crippen LogP contribution in [0.2, 0.25) is 5.02 Å². The van der Waals surface area contributed by atoms with Crippen molar-refractivity contribution in [2.24, 2.45) is 0 Å². The van der Waals surface area contributed by atoms with Gasteiger partial charge in [0.2, 0.25) is 0 Å². The van der Waals surface area contributed by atoms with Gasteiger partial charge in [-0.15, -0.1) is 11.3 Å². The van der Waals surface area contributed by atoms with Gasteiger partial charge >= 0.3 is 5.97 Å². The highest BCUT2D eigenvalue weighted by atomic mass is 35.5. The summed E-state index contributed by atoms with van der Waals surface area (Å²) < 4.78 is 6.14. The van der Waals surface area contributed by atoms with E-state index in [0.717, 1.165) is 15.2 Å². The number of hydrogen-bond donors (Lipinski definition) is 0. The molecule has 4 nitrogen and oxygen atoms in total.